The third-order valence-electron chi connectivity index (χ3n) is 3.63. The predicted octanol–water partition coefficient (Wildman–Crippen LogP) is 4.56. The summed E-state index contributed by atoms with van der Waals surface area (Å²) >= 11 is 0. The van der Waals surface area contributed by atoms with Crippen molar-refractivity contribution in [3.63, 3.8) is 0 Å². The van der Waals surface area contributed by atoms with Crippen molar-refractivity contribution in [3.05, 3.63) is 47.7 Å². The molecule has 6 radical (unpaired) electrons. The third-order valence-corrected chi connectivity index (χ3v) is 7.13. The Morgan fingerprint density at radius 1 is 0.846 bits per heavy atom. The fourth-order valence-electron chi connectivity index (χ4n) is 2.33. The number of hydrogen-bond acceptors (Lipinski definition) is 3. The Morgan fingerprint density at radius 3 is 2.00 bits per heavy atom. The Labute approximate surface area is 167 Å². The van der Waals surface area contributed by atoms with Crippen LogP contribution in [0.2, 0.25) is 5.16 Å². The third kappa shape index (κ3) is 10.6. The van der Waals surface area contributed by atoms with E-state index in [0.717, 1.165) is 45.5 Å². The quantitative estimate of drug-likeness (QED) is 0.299. The lowest BCUT2D eigenvalue weighted by Crippen LogP contribution is -2.24. The van der Waals surface area contributed by atoms with Gasteiger partial charge in [-0.3, -0.25) is 0 Å². The molecule has 1 aromatic rings. The highest BCUT2D eigenvalue weighted by molar-refractivity contribution is 6.52. The Morgan fingerprint density at radius 2 is 1.42 bits per heavy atom. The first-order valence-electron chi connectivity index (χ1n) is 9.65. The van der Waals surface area contributed by atoms with E-state index < -0.39 is 0 Å². The zero-order valence-corrected chi connectivity index (χ0v) is 19.4. The highest BCUT2D eigenvalue weighted by Gasteiger charge is 2.26. The zero-order chi connectivity index (χ0) is 18.9. The van der Waals surface area contributed by atoms with Gasteiger partial charge in [-0.15, -0.1) is 0 Å². The van der Waals surface area contributed by atoms with Crippen LogP contribution < -0.4 is 0 Å². The van der Waals surface area contributed by atoms with Crippen LogP contribution in [0.3, 0.4) is 0 Å². The molecule has 0 aliphatic heterocycles. The smallest absolute Gasteiger partial charge is 0.260 e. The van der Waals surface area contributed by atoms with Gasteiger partial charge in [0.2, 0.25) is 19.5 Å². The topological polar surface area (TPSA) is 27.7 Å². The summed E-state index contributed by atoms with van der Waals surface area (Å²) in [6, 6.07) is 10.8. The van der Waals surface area contributed by atoms with Crippen molar-refractivity contribution in [2.75, 3.05) is 19.8 Å². The first-order valence-corrected chi connectivity index (χ1v) is 12.6. The second-order valence-corrected chi connectivity index (χ2v) is 9.76. The van der Waals surface area contributed by atoms with Crippen molar-refractivity contribution in [1.29, 1.82) is 0 Å². The summed E-state index contributed by atoms with van der Waals surface area (Å²) < 4.78 is 17.5. The van der Waals surface area contributed by atoms with Crippen molar-refractivity contribution in [3.8, 4) is 0 Å². The summed E-state index contributed by atoms with van der Waals surface area (Å²) in [6.45, 7) is 8.95. The highest BCUT2D eigenvalue weighted by Crippen LogP contribution is 2.32. The molecule has 1 unspecified atom stereocenters. The molecule has 1 rings (SSSR count). The van der Waals surface area contributed by atoms with Crippen LogP contribution in [0.15, 0.2) is 42.1 Å². The molecule has 0 amide bonds. The minimum Gasteiger partial charge on any atom is -0.417 e. The summed E-state index contributed by atoms with van der Waals surface area (Å²) in [4.78, 5) is 0. The molecular formula is C20H32O3Si3. The summed E-state index contributed by atoms with van der Waals surface area (Å²) in [5.41, 5.74) is 3.55. The molecule has 26 heavy (non-hydrogen) atoms. The van der Waals surface area contributed by atoms with E-state index in [4.69, 9.17) is 13.3 Å². The van der Waals surface area contributed by atoms with Crippen molar-refractivity contribution >= 4 is 29.3 Å². The maximum absolute atomic E-state index is 5.95. The maximum Gasteiger partial charge on any atom is 0.260 e. The van der Waals surface area contributed by atoms with Gasteiger partial charge < -0.3 is 13.3 Å². The average molecular weight is 405 g/mol. The molecule has 0 bridgehead atoms. The van der Waals surface area contributed by atoms with Gasteiger partial charge in [0, 0.05) is 25.0 Å². The van der Waals surface area contributed by atoms with E-state index in [-0.39, 0.29) is 0 Å². The Bertz CT molecular complexity index is 447. The molecule has 0 aliphatic rings. The van der Waals surface area contributed by atoms with Crippen molar-refractivity contribution in [2.24, 2.45) is 0 Å². The molecule has 0 saturated carbocycles. The normalized spacial score (nSPS) is 12.9. The minimum absolute atomic E-state index is 0.417. The molecule has 0 spiro atoms. The van der Waals surface area contributed by atoms with Gasteiger partial charge in [0.1, 0.15) is 0 Å². The number of rotatable bonds is 16. The first kappa shape index (κ1) is 23.5. The molecule has 3 nitrogen and oxygen atoms in total. The SMILES string of the molecule is CCCO[Si]/C=C/CC(c1ccccc1)C([Si]OCCC)[Si]OCCC. The molecule has 142 valence electrons. The predicted molar refractivity (Wildman–Crippen MR) is 113 cm³/mol. The van der Waals surface area contributed by atoms with Gasteiger partial charge in [-0.05, 0) is 37.2 Å². The lowest BCUT2D eigenvalue weighted by Gasteiger charge is -2.25. The molecule has 6 heteroatoms. The van der Waals surface area contributed by atoms with Gasteiger partial charge in [0.05, 0.1) is 0 Å². The Kier molecular flexibility index (Phi) is 15.1. The molecular weight excluding hydrogens is 372 g/mol. The fourth-order valence-corrected chi connectivity index (χ4v) is 5.66. The standard InChI is InChI=1S/C20H32O3Si3/c1-4-14-21-24-17-10-13-19(18-11-8-7-9-12-18)20(25-22-15-5-2)26-23-16-6-3/h7-12,17,19-20H,4-6,13-16H2,1-3H3/b17-10+. The summed E-state index contributed by atoms with van der Waals surface area (Å²) in [6.07, 6.45) is 6.46. The Balaban J connectivity index is 2.75. The van der Waals surface area contributed by atoms with Crippen LogP contribution >= 0.6 is 0 Å². The van der Waals surface area contributed by atoms with Gasteiger partial charge in [0.15, 0.2) is 0 Å². The second kappa shape index (κ2) is 16.6. The molecule has 0 N–H and O–H groups in total. The van der Waals surface area contributed by atoms with Crippen LogP contribution in [-0.4, -0.2) is 49.1 Å². The van der Waals surface area contributed by atoms with Gasteiger partial charge >= 0.3 is 0 Å². The zero-order valence-electron chi connectivity index (χ0n) is 16.4. The van der Waals surface area contributed by atoms with Crippen molar-refractivity contribution in [2.45, 2.75) is 57.5 Å². The largest absolute Gasteiger partial charge is 0.417 e. The molecule has 0 saturated heterocycles. The van der Waals surface area contributed by atoms with Crippen molar-refractivity contribution in [1.82, 2.24) is 0 Å². The average Bonchev–Trinajstić information content (AvgIpc) is 2.67. The maximum atomic E-state index is 5.95. The molecule has 1 aromatic carbocycles. The Hall–Kier alpha value is -0.509. The van der Waals surface area contributed by atoms with Crippen LogP contribution in [0.1, 0.15) is 57.9 Å². The molecule has 0 aliphatic carbocycles. The minimum atomic E-state index is 0.417. The van der Waals surface area contributed by atoms with Crippen molar-refractivity contribution < 1.29 is 13.3 Å². The van der Waals surface area contributed by atoms with Gasteiger partial charge in [-0.2, -0.15) is 0 Å². The van der Waals surface area contributed by atoms with E-state index in [9.17, 15) is 0 Å². The summed E-state index contributed by atoms with van der Waals surface area (Å²) in [5, 5.41) is 0.417. The van der Waals surface area contributed by atoms with Gasteiger partial charge in [-0.1, -0.05) is 62.9 Å². The molecule has 0 fully saturated rings. The number of benzene rings is 1. The second-order valence-electron chi connectivity index (χ2n) is 6.03. The van der Waals surface area contributed by atoms with E-state index in [2.05, 4.69) is 62.9 Å². The first-order chi connectivity index (χ1) is 12.8. The van der Waals surface area contributed by atoms with Gasteiger partial charge in [-0.25, -0.2) is 0 Å². The van der Waals surface area contributed by atoms with Crippen LogP contribution in [0.4, 0.5) is 0 Å². The fraction of sp³-hybridized carbons (Fsp3) is 0.600. The van der Waals surface area contributed by atoms with E-state index in [1.165, 1.54) is 5.56 Å². The lowest BCUT2D eigenvalue weighted by atomic mass is 9.97. The highest BCUT2D eigenvalue weighted by atomic mass is 28.3. The van der Waals surface area contributed by atoms with Gasteiger partial charge in [0.25, 0.3) is 9.76 Å². The lowest BCUT2D eigenvalue weighted by molar-refractivity contribution is 0.313. The van der Waals surface area contributed by atoms with Crippen LogP contribution in [0.5, 0.6) is 0 Å². The van der Waals surface area contributed by atoms with Crippen LogP contribution in [-0.2, 0) is 13.3 Å². The summed E-state index contributed by atoms with van der Waals surface area (Å²) in [5.74, 6) is 0.425. The number of hydrogen-bond donors (Lipinski definition) is 0. The molecule has 0 heterocycles. The van der Waals surface area contributed by atoms with Crippen LogP contribution in [0, 0.1) is 0 Å². The van der Waals surface area contributed by atoms with E-state index in [0.29, 0.717) is 40.4 Å². The number of allylic oxidation sites excluding steroid dienone is 1. The summed E-state index contributed by atoms with van der Waals surface area (Å²) in [7, 11) is 1.42. The van der Waals surface area contributed by atoms with Crippen LogP contribution in [0.25, 0.3) is 0 Å². The molecule has 1 atom stereocenters. The van der Waals surface area contributed by atoms with E-state index in [1.807, 2.05) is 0 Å². The molecule has 0 aromatic heterocycles. The van der Waals surface area contributed by atoms with E-state index >= 15 is 0 Å². The van der Waals surface area contributed by atoms with E-state index in [1.54, 1.807) is 0 Å². The monoisotopic (exact) mass is 404 g/mol.